The highest BCUT2D eigenvalue weighted by Crippen LogP contribution is 2.20. The minimum atomic E-state index is -1.02. The van der Waals surface area contributed by atoms with E-state index < -0.39 is 11.8 Å². The minimum absolute atomic E-state index is 0.162. The second-order valence-corrected chi connectivity index (χ2v) is 3.03. The summed E-state index contributed by atoms with van der Waals surface area (Å²) in [5, 5.41) is 8.72. The van der Waals surface area contributed by atoms with Gasteiger partial charge in [-0.25, -0.2) is 9.18 Å². The van der Waals surface area contributed by atoms with E-state index in [0.717, 1.165) is 0 Å². The quantitative estimate of drug-likeness (QED) is 0.735. The van der Waals surface area contributed by atoms with Crippen molar-refractivity contribution in [3.05, 3.63) is 41.2 Å². The summed E-state index contributed by atoms with van der Waals surface area (Å²) in [7, 11) is 0. The standard InChI is InChI=1S/C11H11FO2/c1-7(8(2)11(13)14)9-5-3-4-6-10(9)12/h3-6H,1-2H3,(H,13,14). The molecule has 1 rings (SSSR count). The summed E-state index contributed by atoms with van der Waals surface area (Å²) in [6.07, 6.45) is 0. The van der Waals surface area contributed by atoms with Crippen molar-refractivity contribution in [1.29, 1.82) is 0 Å². The third-order valence-electron chi connectivity index (χ3n) is 2.16. The average Bonchev–Trinajstić information content (AvgIpc) is 2.16. The summed E-state index contributed by atoms with van der Waals surface area (Å²) >= 11 is 0. The summed E-state index contributed by atoms with van der Waals surface area (Å²) in [6.45, 7) is 3.06. The average molecular weight is 194 g/mol. The predicted octanol–water partition coefficient (Wildman–Crippen LogP) is 2.70. The number of allylic oxidation sites excluding steroid dienone is 1. The Bertz CT molecular complexity index is 394. The van der Waals surface area contributed by atoms with Gasteiger partial charge in [0.1, 0.15) is 5.82 Å². The van der Waals surface area contributed by atoms with Crippen LogP contribution in [0.5, 0.6) is 0 Å². The predicted molar refractivity (Wildman–Crippen MR) is 52.3 cm³/mol. The molecule has 0 amide bonds. The first-order valence-electron chi connectivity index (χ1n) is 4.19. The molecular formula is C11H11FO2. The minimum Gasteiger partial charge on any atom is -0.478 e. The number of carboxylic acids is 1. The second-order valence-electron chi connectivity index (χ2n) is 3.03. The Balaban J connectivity index is 3.25. The first-order chi connectivity index (χ1) is 6.54. The molecule has 0 unspecified atom stereocenters. The van der Waals surface area contributed by atoms with Gasteiger partial charge >= 0.3 is 5.97 Å². The molecule has 2 nitrogen and oxygen atoms in total. The lowest BCUT2D eigenvalue weighted by Gasteiger charge is -2.05. The highest BCUT2D eigenvalue weighted by atomic mass is 19.1. The van der Waals surface area contributed by atoms with E-state index in [1.54, 1.807) is 25.1 Å². The van der Waals surface area contributed by atoms with Crippen molar-refractivity contribution in [3.8, 4) is 0 Å². The number of hydrogen-bond donors (Lipinski definition) is 1. The Kier molecular flexibility index (Phi) is 3.02. The van der Waals surface area contributed by atoms with Crippen molar-refractivity contribution in [2.75, 3.05) is 0 Å². The second kappa shape index (κ2) is 4.05. The van der Waals surface area contributed by atoms with Crippen molar-refractivity contribution < 1.29 is 14.3 Å². The number of aliphatic carboxylic acids is 1. The molecule has 0 aliphatic rings. The van der Waals surface area contributed by atoms with Crippen LogP contribution in [0.1, 0.15) is 19.4 Å². The van der Waals surface area contributed by atoms with Crippen LogP contribution in [0.4, 0.5) is 4.39 Å². The van der Waals surface area contributed by atoms with Crippen LogP contribution in [-0.4, -0.2) is 11.1 Å². The van der Waals surface area contributed by atoms with Crippen LogP contribution in [0.15, 0.2) is 29.8 Å². The number of rotatable bonds is 2. The zero-order chi connectivity index (χ0) is 10.7. The van der Waals surface area contributed by atoms with Gasteiger partial charge in [0.15, 0.2) is 0 Å². The smallest absolute Gasteiger partial charge is 0.331 e. The number of carbonyl (C=O) groups is 1. The van der Waals surface area contributed by atoms with E-state index >= 15 is 0 Å². The maximum Gasteiger partial charge on any atom is 0.331 e. The molecule has 0 aliphatic carbocycles. The molecule has 74 valence electrons. The highest BCUT2D eigenvalue weighted by molar-refractivity contribution is 5.95. The maximum atomic E-state index is 13.2. The molecule has 0 aromatic heterocycles. The first-order valence-corrected chi connectivity index (χ1v) is 4.19. The topological polar surface area (TPSA) is 37.3 Å². The lowest BCUT2D eigenvalue weighted by Crippen LogP contribution is -2.00. The van der Waals surface area contributed by atoms with E-state index in [4.69, 9.17) is 5.11 Å². The van der Waals surface area contributed by atoms with Crippen molar-refractivity contribution in [1.82, 2.24) is 0 Å². The SMILES string of the molecule is CC(C(=O)O)=C(C)c1ccccc1F. The summed E-state index contributed by atoms with van der Waals surface area (Å²) < 4.78 is 13.2. The first kappa shape index (κ1) is 10.4. The Morgan fingerprint density at radius 3 is 2.36 bits per heavy atom. The molecule has 0 bridgehead atoms. The fourth-order valence-corrected chi connectivity index (χ4v) is 1.13. The van der Waals surface area contributed by atoms with Crippen LogP contribution in [0, 0.1) is 5.82 Å². The molecule has 0 aliphatic heterocycles. The van der Waals surface area contributed by atoms with E-state index in [1.165, 1.54) is 13.0 Å². The van der Waals surface area contributed by atoms with E-state index in [2.05, 4.69) is 0 Å². The Morgan fingerprint density at radius 1 is 1.29 bits per heavy atom. The number of halogens is 1. The van der Waals surface area contributed by atoms with Crippen LogP contribution in [0.3, 0.4) is 0 Å². The van der Waals surface area contributed by atoms with Crippen LogP contribution in [0.25, 0.3) is 5.57 Å². The van der Waals surface area contributed by atoms with E-state index in [1.807, 2.05) is 0 Å². The summed E-state index contributed by atoms with van der Waals surface area (Å²) in [6, 6.07) is 6.13. The fraction of sp³-hybridized carbons (Fsp3) is 0.182. The molecule has 0 saturated carbocycles. The van der Waals surface area contributed by atoms with Gasteiger partial charge in [0.25, 0.3) is 0 Å². The molecular weight excluding hydrogens is 183 g/mol. The molecule has 14 heavy (non-hydrogen) atoms. The molecule has 1 aromatic rings. The van der Waals surface area contributed by atoms with E-state index in [0.29, 0.717) is 11.1 Å². The summed E-state index contributed by atoms with van der Waals surface area (Å²) in [5.41, 5.74) is 0.957. The maximum absolute atomic E-state index is 13.2. The van der Waals surface area contributed by atoms with Crippen LogP contribution < -0.4 is 0 Å². The van der Waals surface area contributed by atoms with Gasteiger partial charge in [-0.1, -0.05) is 18.2 Å². The molecule has 1 aromatic carbocycles. The van der Waals surface area contributed by atoms with Crippen LogP contribution in [-0.2, 0) is 4.79 Å². The van der Waals surface area contributed by atoms with Gasteiger partial charge in [-0.3, -0.25) is 0 Å². The zero-order valence-electron chi connectivity index (χ0n) is 8.04. The monoisotopic (exact) mass is 194 g/mol. The molecule has 0 atom stereocenters. The Labute approximate surface area is 81.7 Å². The summed E-state index contributed by atoms with van der Waals surface area (Å²) in [5.74, 6) is -1.42. The molecule has 0 radical (unpaired) electrons. The summed E-state index contributed by atoms with van der Waals surface area (Å²) in [4.78, 5) is 10.6. The van der Waals surface area contributed by atoms with Crippen molar-refractivity contribution in [2.45, 2.75) is 13.8 Å². The van der Waals surface area contributed by atoms with Gasteiger partial charge < -0.3 is 5.11 Å². The van der Waals surface area contributed by atoms with Gasteiger partial charge in [-0.15, -0.1) is 0 Å². The highest BCUT2D eigenvalue weighted by Gasteiger charge is 2.09. The number of benzene rings is 1. The lowest BCUT2D eigenvalue weighted by molar-refractivity contribution is -0.132. The third kappa shape index (κ3) is 1.99. The van der Waals surface area contributed by atoms with Crippen LogP contribution >= 0.6 is 0 Å². The van der Waals surface area contributed by atoms with E-state index in [-0.39, 0.29) is 5.57 Å². The molecule has 0 spiro atoms. The number of carboxylic acid groups (broad SMARTS) is 1. The molecule has 0 saturated heterocycles. The van der Waals surface area contributed by atoms with Crippen molar-refractivity contribution in [2.24, 2.45) is 0 Å². The Hall–Kier alpha value is -1.64. The molecule has 1 N–H and O–H groups in total. The molecule has 0 heterocycles. The van der Waals surface area contributed by atoms with Crippen molar-refractivity contribution in [3.63, 3.8) is 0 Å². The largest absolute Gasteiger partial charge is 0.478 e. The van der Waals surface area contributed by atoms with Crippen LogP contribution in [0.2, 0.25) is 0 Å². The van der Waals surface area contributed by atoms with Gasteiger partial charge in [0.05, 0.1) is 0 Å². The van der Waals surface area contributed by atoms with Gasteiger partial charge in [-0.2, -0.15) is 0 Å². The van der Waals surface area contributed by atoms with Crippen molar-refractivity contribution >= 4 is 11.5 Å². The Morgan fingerprint density at radius 2 is 1.86 bits per heavy atom. The third-order valence-corrected chi connectivity index (χ3v) is 2.16. The van der Waals surface area contributed by atoms with E-state index in [9.17, 15) is 9.18 Å². The van der Waals surface area contributed by atoms with Gasteiger partial charge in [0, 0.05) is 11.1 Å². The van der Waals surface area contributed by atoms with Gasteiger partial charge in [-0.05, 0) is 25.5 Å². The van der Waals surface area contributed by atoms with Gasteiger partial charge in [0.2, 0.25) is 0 Å². The lowest BCUT2D eigenvalue weighted by atomic mass is 10.0. The zero-order valence-corrected chi connectivity index (χ0v) is 8.04. The normalized spacial score (nSPS) is 12.2. The molecule has 0 fully saturated rings. The fourth-order valence-electron chi connectivity index (χ4n) is 1.13. The molecule has 3 heteroatoms. The number of hydrogen-bond acceptors (Lipinski definition) is 1.